The van der Waals surface area contributed by atoms with Crippen LogP contribution in [0.3, 0.4) is 0 Å². The van der Waals surface area contributed by atoms with Crippen molar-refractivity contribution in [3.63, 3.8) is 0 Å². The SMILES string of the molecule is Cc1cc(C)cc(OCC(N)c2ccc3c(c2)OCCO3)c1. The molecule has 1 heterocycles. The Bertz CT molecular complexity index is 649. The molecule has 2 aromatic carbocycles. The van der Waals surface area contributed by atoms with Crippen LogP contribution < -0.4 is 19.9 Å². The molecule has 0 spiro atoms. The van der Waals surface area contributed by atoms with Gasteiger partial charge < -0.3 is 19.9 Å². The van der Waals surface area contributed by atoms with E-state index in [0.717, 1.165) is 22.8 Å². The van der Waals surface area contributed by atoms with Crippen molar-refractivity contribution >= 4 is 0 Å². The first-order chi connectivity index (χ1) is 10.6. The third kappa shape index (κ3) is 3.34. The fourth-order valence-electron chi connectivity index (χ4n) is 2.59. The normalized spacial score (nSPS) is 14.5. The predicted octanol–water partition coefficient (Wildman–Crippen LogP) is 3.15. The third-order valence-corrected chi connectivity index (χ3v) is 3.62. The highest BCUT2D eigenvalue weighted by molar-refractivity contribution is 5.44. The molecule has 1 aliphatic rings. The lowest BCUT2D eigenvalue weighted by atomic mass is 10.1. The molecule has 0 bridgehead atoms. The van der Waals surface area contributed by atoms with Crippen LogP contribution >= 0.6 is 0 Å². The Hall–Kier alpha value is -2.20. The van der Waals surface area contributed by atoms with Crippen molar-refractivity contribution in [3.8, 4) is 17.2 Å². The molecular formula is C18H21NO3. The predicted molar refractivity (Wildman–Crippen MR) is 85.8 cm³/mol. The number of benzene rings is 2. The molecule has 0 saturated carbocycles. The minimum absolute atomic E-state index is 0.211. The van der Waals surface area contributed by atoms with Crippen LogP contribution in [-0.2, 0) is 0 Å². The van der Waals surface area contributed by atoms with Gasteiger partial charge in [-0.25, -0.2) is 0 Å². The second-order valence-corrected chi connectivity index (χ2v) is 5.64. The molecule has 22 heavy (non-hydrogen) atoms. The molecule has 116 valence electrons. The number of fused-ring (bicyclic) bond motifs is 1. The van der Waals surface area contributed by atoms with Gasteiger partial charge >= 0.3 is 0 Å². The van der Waals surface area contributed by atoms with Gasteiger partial charge in [-0.05, 0) is 54.8 Å². The summed E-state index contributed by atoms with van der Waals surface area (Å²) in [5.41, 5.74) is 9.58. The number of aryl methyl sites for hydroxylation is 2. The van der Waals surface area contributed by atoms with Crippen molar-refractivity contribution in [1.29, 1.82) is 0 Å². The Morgan fingerprint density at radius 2 is 1.68 bits per heavy atom. The van der Waals surface area contributed by atoms with Gasteiger partial charge in [-0.1, -0.05) is 12.1 Å². The topological polar surface area (TPSA) is 53.7 Å². The molecule has 0 amide bonds. The summed E-state index contributed by atoms with van der Waals surface area (Å²) in [6.45, 7) is 5.70. The molecule has 0 aliphatic carbocycles. The Balaban J connectivity index is 1.67. The van der Waals surface area contributed by atoms with Gasteiger partial charge in [-0.2, -0.15) is 0 Å². The number of ether oxygens (including phenoxy) is 3. The Labute approximate surface area is 130 Å². The minimum atomic E-state index is -0.211. The van der Waals surface area contributed by atoms with Gasteiger partial charge in [0.15, 0.2) is 11.5 Å². The number of rotatable bonds is 4. The van der Waals surface area contributed by atoms with Gasteiger partial charge in [0, 0.05) is 0 Å². The first-order valence-corrected chi connectivity index (χ1v) is 7.48. The molecule has 3 rings (SSSR count). The second kappa shape index (κ2) is 6.28. The fraction of sp³-hybridized carbons (Fsp3) is 0.333. The van der Waals surface area contributed by atoms with Crippen LogP contribution in [0.2, 0.25) is 0 Å². The van der Waals surface area contributed by atoms with E-state index in [1.165, 1.54) is 11.1 Å². The second-order valence-electron chi connectivity index (χ2n) is 5.64. The van der Waals surface area contributed by atoms with Crippen LogP contribution in [0.1, 0.15) is 22.7 Å². The number of hydrogen-bond acceptors (Lipinski definition) is 4. The molecule has 4 heteroatoms. The van der Waals surface area contributed by atoms with Crippen LogP contribution in [-0.4, -0.2) is 19.8 Å². The summed E-state index contributed by atoms with van der Waals surface area (Å²) in [7, 11) is 0. The van der Waals surface area contributed by atoms with Crippen molar-refractivity contribution in [2.45, 2.75) is 19.9 Å². The minimum Gasteiger partial charge on any atom is -0.492 e. The first-order valence-electron chi connectivity index (χ1n) is 7.48. The Morgan fingerprint density at radius 1 is 1.00 bits per heavy atom. The maximum Gasteiger partial charge on any atom is 0.161 e. The maximum atomic E-state index is 6.23. The molecule has 4 nitrogen and oxygen atoms in total. The zero-order chi connectivity index (χ0) is 15.5. The summed E-state index contributed by atoms with van der Waals surface area (Å²) >= 11 is 0. The van der Waals surface area contributed by atoms with Crippen molar-refractivity contribution in [1.82, 2.24) is 0 Å². The first kappa shape index (κ1) is 14.7. The summed E-state index contributed by atoms with van der Waals surface area (Å²) in [6, 6.07) is 11.7. The monoisotopic (exact) mass is 299 g/mol. The lowest BCUT2D eigenvalue weighted by molar-refractivity contribution is 0.171. The highest BCUT2D eigenvalue weighted by Crippen LogP contribution is 2.32. The van der Waals surface area contributed by atoms with Crippen LogP contribution in [0.5, 0.6) is 17.2 Å². The Morgan fingerprint density at radius 3 is 2.41 bits per heavy atom. The molecule has 0 saturated heterocycles. The van der Waals surface area contributed by atoms with Gasteiger partial charge in [0.1, 0.15) is 25.6 Å². The Kier molecular flexibility index (Phi) is 4.20. The van der Waals surface area contributed by atoms with E-state index in [9.17, 15) is 0 Å². The van der Waals surface area contributed by atoms with Crippen LogP contribution in [0, 0.1) is 13.8 Å². The van der Waals surface area contributed by atoms with Gasteiger partial charge in [0.25, 0.3) is 0 Å². The standard InChI is InChI=1S/C18H21NO3/c1-12-7-13(2)9-15(8-12)22-11-16(19)14-3-4-17-18(10-14)21-6-5-20-17/h3-4,7-10,16H,5-6,11,19H2,1-2H3. The zero-order valence-electron chi connectivity index (χ0n) is 13.0. The van der Waals surface area contributed by atoms with E-state index in [2.05, 4.69) is 19.9 Å². The summed E-state index contributed by atoms with van der Waals surface area (Å²) < 4.78 is 16.9. The average Bonchev–Trinajstić information content (AvgIpc) is 2.51. The summed E-state index contributed by atoms with van der Waals surface area (Å²) in [5, 5.41) is 0. The van der Waals surface area contributed by atoms with Gasteiger partial charge in [0.05, 0.1) is 6.04 Å². The summed E-state index contributed by atoms with van der Waals surface area (Å²) in [5.74, 6) is 2.38. The quantitative estimate of drug-likeness (QED) is 0.942. The molecule has 2 N–H and O–H groups in total. The van der Waals surface area contributed by atoms with E-state index in [1.54, 1.807) is 0 Å². The number of hydrogen-bond donors (Lipinski definition) is 1. The van der Waals surface area contributed by atoms with Crippen molar-refractivity contribution in [2.75, 3.05) is 19.8 Å². The average molecular weight is 299 g/mol. The molecule has 0 aromatic heterocycles. The van der Waals surface area contributed by atoms with E-state index in [0.29, 0.717) is 19.8 Å². The summed E-state index contributed by atoms with van der Waals surface area (Å²) in [6.07, 6.45) is 0. The van der Waals surface area contributed by atoms with E-state index in [1.807, 2.05) is 30.3 Å². The van der Waals surface area contributed by atoms with Crippen molar-refractivity contribution in [2.24, 2.45) is 5.73 Å². The van der Waals surface area contributed by atoms with Crippen molar-refractivity contribution < 1.29 is 14.2 Å². The lowest BCUT2D eigenvalue weighted by Crippen LogP contribution is -2.20. The third-order valence-electron chi connectivity index (χ3n) is 3.62. The largest absolute Gasteiger partial charge is 0.492 e. The lowest BCUT2D eigenvalue weighted by Gasteiger charge is -2.20. The van der Waals surface area contributed by atoms with Gasteiger partial charge in [0.2, 0.25) is 0 Å². The summed E-state index contributed by atoms with van der Waals surface area (Å²) in [4.78, 5) is 0. The molecular weight excluding hydrogens is 278 g/mol. The molecule has 1 aliphatic heterocycles. The number of nitrogens with two attached hydrogens (primary N) is 1. The van der Waals surface area contributed by atoms with E-state index < -0.39 is 0 Å². The molecule has 0 fully saturated rings. The van der Waals surface area contributed by atoms with E-state index >= 15 is 0 Å². The highest BCUT2D eigenvalue weighted by Gasteiger charge is 2.15. The maximum absolute atomic E-state index is 6.23. The zero-order valence-corrected chi connectivity index (χ0v) is 13.0. The molecule has 1 unspecified atom stereocenters. The molecule has 0 radical (unpaired) electrons. The molecule has 2 aromatic rings. The van der Waals surface area contributed by atoms with Crippen LogP contribution in [0.4, 0.5) is 0 Å². The van der Waals surface area contributed by atoms with E-state index in [4.69, 9.17) is 19.9 Å². The van der Waals surface area contributed by atoms with Crippen LogP contribution in [0.25, 0.3) is 0 Å². The highest BCUT2D eigenvalue weighted by atomic mass is 16.6. The fourth-order valence-corrected chi connectivity index (χ4v) is 2.59. The van der Waals surface area contributed by atoms with E-state index in [-0.39, 0.29) is 6.04 Å². The smallest absolute Gasteiger partial charge is 0.161 e. The van der Waals surface area contributed by atoms with Gasteiger partial charge in [-0.15, -0.1) is 0 Å². The molecule has 1 atom stereocenters. The van der Waals surface area contributed by atoms with Gasteiger partial charge in [-0.3, -0.25) is 0 Å². The van der Waals surface area contributed by atoms with Crippen LogP contribution in [0.15, 0.2) is 36.4 Å². The van der Waals surface area contributed by atoms with Crippen molar-refractivity contribution in [3.05, 3.63) is 53.1 Å².